The second-order valence-corrected chi connectivity index (χ2v) is 5.01. The van der Waals surface area contributed by atoms with Crippen molar-refractivity contribution in [3.8, 4) is 0 Å². The van der Waals surface area contributed by atoms with Gasteiger partial charge >= 0.3 is 5.97 Å². The second-order valence-electron chi connectivity index (χ2n) is 5.01. The van der Waals surface area contributed by atoms with Gasteiger partial charge in [0.25, 0.3) is 0 Å². The first-order valence-corrected chi connectivity index (χ1v) is 5.45. The second kappa shape index (κ2) is 4.30. The van der Waals surface area contributed by atoms with Gasteiger partial charge in [-0.3, -0.25) is 4.79 Å². The minimum atomic E-state index is -0.678. The molecule has 1 fully saturated rings. The van der Waals surface area contributed by atoms with Crippen molar-refractivity contribution in [1.82, 2.24) is 5.32 Å². The fraction of sp³-hybridized carbons (Fsp3) is 0.909. The summed E-state index contributed by atoms with van der Waals surface area (Å²) in [5.74, 6) is 0.357. The molecule has 82 valence electrons. The van der Waals surface area contributed by atoms with Crippen LogP contribution in [0.4, 0.5) is 0 Å². The number of carbonyl (C=O) groups is 1. The highest BCUT2D eigenvalue weighted by Gasteiger charge is 2.43. The van der Waals surface area contributed by atoms with E-state index in [1.54, 1.807) is 0 Å². The van der Waals surface area contributed by atoms with E-state index < -0.39 is 11.5 Å². The lowest BCUT2D eigenvalue weighted by Gasteiger charge is -2.26. The minimum Gasteiger partial charge on any atom is -0.480 e. The molecule has 1 aliphatic carbocycles. The summed E-state index contributed by atoms with van der Waals surface area (Å²) in [5.41, 5.74) is -0.635. The lowest BCUT2D eigenvalue weighted by molar-refractivity contribution is -0.144. The van der Waals surface area contributed by atoms with Gasteiger partial charge in [0.2, 0.25) is 0 Å². The molecule has 2 N–H and O–H groups in total. The quantitative estimate of drug-likeness (QED) is 0.726. The topological polar surface area (TPSA) is 49.3 Å². The van der Waals surface area contributed by atoms with E-state index in [1.165, 1.54) is 0 Å². The van der Waals surface area contributed by atoms with Gasteiger partial charge in [-0.15, -0.1) is 0 Å². The molecule has 1 aliphatic rings. The summed E-state index contributed by atoms with van der Waals surface area (Å²) < 4.78 is 0. The Kier molecular flexibility index (Phi) is 3.53. The number of hydrogen-bond donors (Lipinski definition) is 2. The largest absolute Gasteiger partial charge is 0.480 e. The Bertz CT molecular complexity index is 215. The Morgan fingerprint density at radius 3 is 2.64 bits per heavy atom. The van der Waals surface area contributed by atoms with Crippen molar-refractivity contribution >= 4 is 5.97 Å². The number of aliphatic carboxylic acids is 1. The molecule has 0 aromatic rings. The van der Waals surface area contributed by atoms with Crippen molar-refractivity contribution in [2.45, 2.75) is 45.6 Å². The van der Waals surface area contributed by atoms with Crippen LogP contribution < -0.4 is 5.32 Å². The van der Waals surface area contributed by atoms with Crippen LogP contribution in [0.5, 0.6) is 0 Å². The van der Waals surface area contributed by atoms with E-state index in [4.69, 9.17) is 0 Å². The molecule has 0 aliphatic heterocycles. The van der Waals surface area contributed by atoms with Gasteiger partial charge in [0.1, 0.15) is 5.54 Å². The van der Waals surface area contributed by atoms with E-state index >= 15 is 0 Å². The Labute approximate surface area is 85.9 Å². The third-order valence-corrected chi connectivity index (χ3v) is 3.02. The number of carboxylic acid groups (broad SMARTS) is 1. The summed E-state index contributed by atoms with van der Waals surface area (Å²) in [6.07, 6.45) is 2.57. The Morgan fingerprint density at radius 2 is 2.29 bits per heavy atom. The lowest BCUT2D eigenvalue weighted by Crippen LogP contribution is -2.51. The summed E-state index contributed by atoms with van der Waals surface area (Å²) >= 11 is 0. The van der Waals surface area contributed by atoms with E-state index in [0.717, 1.165) is 25.8 Å². The van der Waals surface area contributed by atoms with Crippen molar-refractivity contribution in [3.05, 3.63) is 0 Å². The SMILES string of the molecule is CC(C)CNC1(C(=O)O)CCC(C)C1. The van der Waals surface area contributed by atoms with Crippen LogP contribution in [-0.4, -0.2) is 23.2 Å². The zero-order valence-corrected chi connectivity index (χ0v) is 9.34. The molecule has 0 bridgehead atoms. The number of carboxylic acids is 1. The highest BCUT2D eigenvalue weighted by atomic mass is 16.4. The van der Waals surface area contributed by atoms with Crippen LogP contribution >= 0.6 is 0 Å². The van der Waals surface area contributed by atoms with Crippen LogP contribution in [0.15, 0.2) is 0 Å². The fourth-order valence-electron chi connectivity index (χ4n) is 2.12. The first kappa shape index (κ1) is 11.5. The molecule has 0 aromatic carbocycles. The summed E-state index contributed by atoms with van der Waals surface area (Å²) in [4.78, 5) is 11.2. The van der Waals surface area contributed by atoms with Crippen LogP contribution in [-0.2, 0) is 4.79 Å². The molecular formula is C11H21NO2. The molecule has 0 aromatic heterocycles. The maximum Gasteiger partial charge on any atom is 0.323 e. The van der Waals surface area contributed by atoms with Crippen molar-refractivity contribution in [1.29, 1.82) is 0 Å². The predicted octanol–water partition coefficient (Wildman–Crippen LogP) is 1.88. The van der Waals surface area contributed by atoms with Crippen molar-refractivity contribution in [3.63, 3.8) is 0 Å². The van der Waals surface area contributed by atoms with Gasteiger partial charge < -0.3 is 10.4 Å². The maximum absolute atomic E-state index is 11.2. The molecule has 1 saturated carbocycles. The van der Waals surface area contributed by atoms with Gasteiger partial charge in [-0.2, -0.15) is 0 Å². The van der Waals surface area contributed by atoms with E-state index in [2.05, 4.69) is 26.1 Å². The monoisotopic (exact) mass is 199 g/mol. The van der Waals surface area contributed by atoms with E-state index in [1.807, 2.05) is 0 Å². The molecule has 3 nitrogen and oxygen atoms in total. The molecule has 0 heterocycles. The van der Waals surface area contributed by atoms with Crippen LogP contribution in [0.2, 0.25) is 0 Å². The number of rotatable bonds is 4. The van der Waals surface area contributed by atoms with Crippen molar-refractivity contribution in [2.75, 3.05) is 6.54 Å². The third kappa shape index (κ3) is 2.47. The molecule has 0 spiro atoms. The van der Waals surface area contributed by atoms with E-state index in [9.17, 15) is 9.90 Å². The summed E-state index contributed by atoms with van der Waals surface area (Å²) in [5, 5.41) is 12.5. The Balaban J connectivity index is 2.59. The predicted molar refractivity (Wildman–Crippen MR) is 56.2 cm³/mol. The molecular weight excluding hydrogens is 178 g/mol. The summed E-state index contributed by atoms with van der Waals surface area (Å²) in [7, 11) is 0. The normalized spacial score (nSPS) is 32.4. The van der Waals surface area contributed by atoms with E-state index in [-0.39, 0.29) is 0 Å². The average Bonchev–Trinajstić information content (AvgIpc) is 2.45. The van der Waals surface area contributed by atoms with E-state index in [0.29, 0.717) is 11.8 Å². The van der Waals surface area contributed by atoms with Gasteiger partial charge in [0.05, 0.1) is 0 Å². The molecule has 2 atom stereocenters. The fourth-order valence-corrected chi connectivity index (χ4v) is 2.12. The first-order valence-electron chi connectivity index (χ1n) is 5.45. The summed E-state index contributed by atoms with van der Waals surface area (Å²) in [6.45, 7) is 7.11. The molecule has 3 heteroatoms. The first-order chi connectivity index (χ1) is 6.46. The van der Waals surface area contributed by atoms with Crippen LogP contribution in [0.3, 0.4) is 0 Å². The summed E-state index contributed by atoms with van der Waals surface area (Å²) in [6, 6.07) is 0. The maximum atomic E-state index is 11.2. The zero-order chi connectivity index (χ0) is 10.8. The number of hydrogen-bond acceptors (Lipinski definition) is 2. The highest BCUT2D eigenvalue weighted by Crippen LogP contribution is 2.34. The Morgan fingerprint density at radius 1 is 1.64 bits per heavy atom. The molecule has 1 rings (SSSR count). The smallest absolute Gasteiger partial charge is 0.323 e. The molecule has 14 heavy (non-hydrogen) atoms. The molecule has 2 unspecified atom stereocenters. The van der Waals surface area contributed by atoms with Gasteiger partial charge in [0, 0.05) is 0 Å². The van der Waals surface area contributed by atoms with Gasteiger partial charge in [-0.05, 0) is 37.6 Å². The van der Waals surface area contributed by atoms with Gasteiger partial charge in [-0.25, -0.2) is 0 Å². The lowest BCUT2D eigenvalue weighted by atomic mass is 9.95. The molecule has 0 saturated heterocycles. The molecule has 0 amide bonds. The third-order valence-electron chi connectivity index (χ3n) is 3.02. The Hall–Kier alpha value is -0.570. The zero-order valence-electron chi connectivity index (χ0n) is 9.34. The number of nitrogens with one attached hydrogen (secondary N) is 1. The highest BCUT2D eigenvalue weighted by molar-refractivity contribution is 5.79. The van der Waals surface area contributed by atoms with Gasteiger partial charge in [-0.1, -0.05) is 20.8 Å². The van der Waals surface area contributed by atoms with Crippen molar-refractivity contribution < 1.29 is 9.90 Å². The van der Waals surface area contributed by atoms with Gasteiger partial charge in [0.15, 0.2) is 0 Å². The standard InChI is InChI=1S/C11H21NO2/c1-8(2)7-12-11(10(13)14)5-4-9(3)6-11/h8-9,12H,4-7H2,1-3H3,(H,13,14). The average molecular weight is 199 g/mol. The molecule has 0 radical (unpaired) electrons. The minimum absolute atomic E-state index is 0.502. The van der Waals surface area contributed by atoms with Crippen LogP contribution in [0.1, 0.15) is 40.0 Å². The van der Waals surface area contributed by atoms with Crippen molar-refractivity contribution in [2.24, 2.45) is 11.8 Å². The van der Waals surface area contributed by atoms with Crippen LogP contribution in [0, 0.1) is 11.8 Å². The van der Waals surface area contributed by atoms with Crippen LogP contribution in [0.25, 0.3) is 0 Å².